The predicted octanol–water partition coefficient (Wildman–Crippen LogP) is 6.28. The molecule has 0 aliphatic carbocycles. The first-order chi connectivity index (χ1) is 16.9. The standard InChI is InChI=1S/C27H39NO5S.C2H6/c1-17-8-7-9-18(2)25(31)20(4)26(32)27(5,6)13-12-24(30)33-22(11-10-17)19(3)14-21-16-34-23(15-29)28-21;1-2/h7-8,10,14,16,18,20,22,25,29,31H,9,11-13,15H2,1-6H3;1-2H3/b8-7+,17-10-,19-14+;/t18-,20+,22-,25-;/m0./s1. The first-order valence-electron chi connectivity index (χ1n) is 12.9. The van der Waals surface area contributed by atoms with Gasteiger partial charge >= 0.3 is 5.97 Å². The molecule has 0 radical (unpaired) electrons. The van der Waals surface area contributed by atoms with Crippen molar-refractivity contribution < 1.29 is 24.5 Å². The minimum atomic E-state index is -0.746. The highest BCUT2D eigenvalue weighted by Crippen LogP contribution is 2.31. The number of cyclic esters (lactones) is 1. The zero-order valence-corrected chi connectivity index (χ0v) is 24.0. The summed E-state index contributed by atoms with van der Waals surface area (Å²) in [7, 11) is 0. The number of hydrogen-bond donors (Lipinski definition) is 2. The van der Waals surface area contributed by atoms with Crippen LogP contribution < -0.4 is 0 Å². The third kappa shape index (κ3) is 9.75. The van der Waals surface area contributed by atoms with Gasteiger partial charge in [-0.3, -0.25) is 9.59 Å². The summed E-state index contributed by atoms with van der Waals surface area (Å²) in [6.07, 6.45) is 8.38. The maximum absolute atomic E-state index is 13.1. The lowest BCUT2D eigenvalue weighted by molar-refractivity contribution is -0.148. The molecule has 0 unspecified atom stereocenters. The van der Waals surface area contributed by atoms with Gasteiger partial charge in [-0.05, 0) is 44.3 Å². The van der Waals surface area contributed by atoms with Crippen molar-refractivity contribution in [3.8, 4) is 0 Å². The van der Waals surface area contributed by atoms with Gasteiger partial charge in [-0.1, -0.05) is 65.3 Å². The van der Waals surface area contributed by atoms with Crippen molar-refractivity contribution in [3.63, 3.8) is 0 Å². The Labute approximate surface area is 221 Å². The maximum atomic E-state index is 13.1. The Morgan fingerprint density at radius 3 is 2.53 bits per heavy atom. The van der Waals surface area contributed by atoms with E-state index in [4.69, 9.17) is 4.74 Å². The number of hydrogen-bond acceptors (Lipinski definition) is 7. The molecule has 4 atom stereocenters. The van der Waals surface area contributed by atoms with E-state index in [1.54, 1.807) is 6.92 Å². The lowest BCUT2D eigenvalue weighted by Gasteiger charge is -2.31. The van der Waals surface area contributed by atoms with Gasteiger partial charge < -0.3 is 14.9 Å². The highest BCUT2D eigenvalue weighted by atomic mass is 32.1. The summed E-state index contributed by atoms with van der Waals surface area (Å²) < 4.78 is 5.85. The van der Waals surface area contributed by atoms with E-state index < -0.39 is 23.5 Å². The molecule has 2 heterocycles. The van der Waals surface area contributed by atoms with E-state index in [-0.39, 0.29) is 30.7 Å². The second kappa shape index (κ2) is 15.2. The van der Waals surface area contributed by atoms with Crippen LogP contribution in [0.2, 0.25) is 0 Å². The number of ketones is 1. The summed E-state index contributed by atoms with van der Waals surface area (Å²) in [6, 6.07) is 0. The second-order valence-corrected chi connectivity index (χ2v) is 11.0. The summed E-state index contributed by atoms with van der Waals surface area (Å²) in [4.78, 5) is 30.2. The van der Waals surface area contributed by atoms with Crippen LogP contribution in [0.5, 0.6) is 0 Å². The summed E-state index contributed by atoms with van der Waals surface area (Å²) in [5.74, 6) is -0.971. The molecule has 6 nitrogen and oxygen atoms in total. The predicted molar refractivity (Wildman–Crippen MR) is 147 cm³/mol. The number of rotatable bonds is 3. The van der Waals surface area contributed by atoms with E-state index >= 15 is 0 Å². The van der Waals surface area contributed by atoms with Gasteiger partial charge in [0.2, 0.25) is 0 Å². The normalized spacial score (nSPS) is 28.8. The molecule has 0 bridgehead atoms. The van der Waals surface area contributed by atoms with E-state index in [9.17, 15) is 19.8 Å². The molecular weight excluding hydrogens is 474 g/mol. The van der Waals surface area contributed by atoms with Crippen molar-refractivity contribution >= 4 is 29.2 Å². The fraction of sp³-hybridized carbons (Fsp3) is 0.621. The smallest absolute Gasteiger partial charge is 0.306 e. The van der Waals surface area contributed by atoms with Gasteiger partial charge in [-0.15, -0.1) is 11.3 Å². The number of Topliss-reactive ketones (excluding diaryl/α,β-unsaturated/α-hetero) is 1. The number of aromatic nitrogens is 1. The van der Waals surface area contributed by atoms with Crippen LogP contribution in [0.15, 0.2) is 34.8 Å². The van der Waals surface area contributed by atoms with Gasteiger partial charge in [-0.25, -0.2) is 4.98 Å². The van der Waals surface area contributed by atoms with Crippen LogP contribution in [0, 0.1) is 17.3 Å². The average molecular weight is 520 g/mol. The molecule has 0 aromatic carbocycles. The number of aliphatic hydroxyl groups is 2. The summed E-state index contributed by atoms with van der Waals surface area (Å²) in [5, 5.41) is 22.5. The molecular formula is C29H45NO5S. The van der Waals surface area contributed by atoms with E-state index in [1.807, 2.05) is 78.2 Å². The number of esters is 1. The number of thiazole rings is 1. The minimum absolute atomic E-state index is 0.0392. The first-order valence-corrected chi connectivity index (χ1v) is 13.8. The molecule has 36 heavy (non-hydrogen) atoms. The molecule has 1 aliphatic heterocycles. The van der Waals surface area contributed by atoms with E-state index in [2.05, 4.69) is 4.98 Å². The Kier molecular flexibility index (Phi) is 13.5. The van der Waals surface area contributed by atoms with Gasteiger partial charge in [0.1, 0.15) is 16.9 Å². The summed E-state index contributed by atoms with van der Waals surface area (Å²) >= 11 is 1.38. The third-order valence-corrected chi connectivity index (χ3v) is 7.39. The van der Waals surface area contributed by atoms with Gasteiger partial charge in [0.25, 0.3) is 0 Å². The maximum Gasteiger partial charge on any atom is 0.306 e. The van der Waals surface area contributed by atoms with Gasteiger partial charge in [0.05, 0.1) is 18.4 Å². The van der Waals surface area contributed by atoms with Gasteiger partial charge in [0.15, 0.2) is 0 Å². The Bertz CT molecular complexity index is 943. The highest BCUT2D eigenvalue weighted by Gasteiger charge is 2.36. The Morgan fingerprint density at radius 1 is 1.25 bits per heavy atom. The molecule has 0 saturated heterocycles. The zero-order chi connectivity index (χ0) is 27.5. The van der Waals surface area contributed by atoms with E-state index in [1.165, 1.54) is 11.3 Å². The van der Waals surface area contributed by atoms with E-state index in [0.29, 0.717) is 24.3 Å². The monoisotopic (exact) mass is 519 g/mol. The summed E-state index contributed by atoms with van der Waals surface area (Å²) in [6.45, 7) is 15.2. The third-order valence-electron chi connectivity index (χ3n) is 6.53. The Morgan fingerprint density at radius 2 is 1.92 bits per heavy atom. The van der Waals surface area contributed by atoms with Crippen LogP contribution in [0.1, 0.15) is 91.8 Å². The van der Waals surface area contributed by atoms with Crippen molar-refractivity contribution in [2.24, 2.45) is 17.3 Å². The number of carbonyl (C=O) groups is 2. The summed E-state index contributed by atoms with van der Waals surface area (Å²) in [5.41, 5.74) is 1.87. The van der Waals surface area contributed by atoms with Crippen molar-refractivity contribution in [2.75, 3.05) is 0 Å². The molecule has 202 valence electrons. The first kappa shape index (κ1) is 31.9. The molecule has 0 fully saturated rings. The lowest BCUT2D eigenvalue weighted by atomic mass is 9.74. The van der Waals surface area contributed by atoms with Crippen LogP contribution in [-0.2, 0) is 20.9 Å². The Hall–Kier alpha value is -2.09. The van der Waals surface area contributed by atoms with Crippen LogP contribution in [0.25, 0.3) is 6.08 Å². The van der Waals surface area contributed by atoms with Crippen LogP contribution in [0.3, 0.4) is 0 Å². The fourth-order valence-corrected chi connectivity index (χ4v) is 4.72. The average Bonchev–Trinajstić information content (AvgIpc) is 3.31. The SMILES string of the molecule is CC.CC1=C/C[C@@H](/C(C)=C/c2csc(CO)n2)OC(=O)CCC(C)(C)C(=O)[C@H](C)[C@@H](O)[C@@H](C)C\C=C\1. The quantitative estimate of drug-likeness (QED) is 0.456. The molecule has 0 amide bonds. The van der Waals surface area contributed by atoms with Crippen molar-refractivity contribution in [1.82, 2.24) is 4.98 Å². The molecule has 0 saturated carbocycles. The zero-order valence-electron chi connectivity index (χ0n) is 23.2. The molecule has 2 rings (SSSR count). The fourth-order valence-electron chi connectivity index (χ4n) is 4.11. The number of aliphatic hydroxyl groups excluding tert-OH is 2. The van der Waals surface area contributed by atoms with Crippen molar-refractivity contribution in [1.29, 1.82) is 0 Å². The largest absolute Gasteiger partial charge is 0.457 e. The Balaban J connectivity index is 0.00000316. The molecule has 1 aromatic rings. The van der Waals surface area contributed by atoms with Crippen LogP contribution in [-0.4, -0.2) is 39.2 Å². The molecule has 1 aliphatic rings. The number of nitrogens with zero attached hydrogens (tertiary/aromatic N) is 1. The highest BCUT2D eigenvalue weighted by molar-refractivity contribution is 7.09. The topological polar surface area (TPSA) is 96.7 Å². The minimum Gasteiger partial charge on any atom is -0.457 e. The second-order valence-electron chi connectivity index (χ2n) is 10.0. The van der Waals surface area contributed by atoms with Crippen LogP contribution >= 0.6 is 11.3 Å². The van der Waals surface area contributed by atoms with Gasteiger partial charge in [-0.2, -0.15) is 0 Å². The van der Waals surface area contributed by atoms with Crippen LogP contribution in [0.4, 0.5) is 0 Å². The molecule has 1 aromatic heterocycles. The van der Waals surface area contributed by atoms with Crippen molar-refractivity contribution in [2.45, 2.75) is 99.9 Å². The number of allylic oxidation sites excluding steroid dienone is 3. The number of ether oxygens (including phenoxy) is 1. The van der Waals surface area contributed by atoms with Gasteiger partial charge in [0, 0.05) is 29.6 Å². The molecule has 7 heteroatoms. The lowest BCUT2D eigenvalue weighted by Crippen LogP contribution is -2.39. The number of carbonyl (C=O) groups excluding carboxylic acids is 2. The molecule has 0 spiro atoms. The van der Waals surface area contributed by atoms with Crippen molar-refractivity contribution in [3.05, 3.63) is 45.5 Å². The van der Waals surface area contributed by atoms with E-state index in [0.717, 1.165) is 16.8 Å². The molecule has 2 N–H and O–H groups in total.